The molecule has 0 fully saturated rings. The first-order valence-corrected chi connectivity index (χ1v) is 7.35. The third kappa shape index (κ3) is 2.55. The monoisotopic (exact) mass is 305 g/mol. The Labute approximate surface area is 124 Å². The van der Waals surface area contributed by atoms with Gasteiger partial charge in [-0.3, -0.25) is 9.20 Å². The lowest BCUT2D eigenvalue weighted by molar-refractivity contribution is 0.990. The normalized spacial score (nSPS) is 10.9. The van der Waals surface area contributed by atoms with Crippen LogP contribution in [0.4, 0.5) is 5.69 Å². The Morgan fingerprint density at radius 1 is 1.40 bits per heavy atom. The first-order chi connectivity index (χ1) is 9.63. The molecule has 1 N–H and O–H groups in total. The van der Waals surface area contributed by atoms with E-state index in [1.807, 2.05) is 30.5 Å². The summed E-state index contributed by atoms with van der Waals surface area (Å²) in [5.74, 6) is 0. The van der Waals surface area contributed by atoms with Crippen molar-refractivity contribution in [3.8, 4) is 0 Å². The molecule has 0 bridgehead atoms. The van der Waals surface area contributed by atoms with Gasteiger partial charge < -0.3 is 5.32 Å². The molecular weight excluding hydrogens is 294 g/mol. The highest BCUT2D eigenvalue weighted by Gasteiger charge is 2.05. The van der Waals surface area contributed by atoms with Crippen LogP contribution in [-0.2, 0) is 6.54 Å². The van der Waals surface area contributed by atoms with Crippen molar-refractivity contribution >= 4 is 33.6 Å². The van der Waals surface area contributed by atoms with E-state index in [0.29, 0.717) is 22.2 Å². The van der Waals surface area contributed by atoms with Crippen LogP contribution < -0.4 is 10.9 Å². The number of aryl methyl sites for hydroxylation is 1. The fraction of sp³-hybridized carbons (Fsp3) is 0.143. The molecule has 20 heavy (non-hydrogen) atoms. The topological polar surface area (TPSA) is 46.4 Å². The molecule has 0 unspecified atom stereocenters. The second-order valence-corrected chi connectivity index (χ2v) is 5.76. The predicted octanol–water partition coefficient (Wildman–Crippen LogP) is 3.33. The molecule has 4 nitrogen and oxygen atoms in total. The minimum absolute atomic E-state index is 0.0666. The summed E-state index contributed by atoms with van der Waals surface area (Å²) in [5, 5.41) is 5.71. The van der Waals surface area contributed by atoms with Crippen molar-refractivity contribution in [2.75, 3.05) is 5.32 Å². The predicted molar refractivity (Wildman–Crippen MR) is 82.9 cm³/mol. The van der Waals surface area contributed by atoms with E-state index in [4.69, 9.17) is 11.6 Å². The summed E-state index contributed by atoms with van der Waals surface area (Å²) < 4.78 is 1.53. The number of nitrogens with zero attached hydrogens (tertiary/aromatic N) is 2. The third-order valence-corrected chi connectivity index (χ3v) is 4.01. The SMILES string of the molecule is Cc1ccc(NCc2cc(=O)n3ccsc3n2)c(Cl)c1. The molecule has 102 valence electrons. The summed E-state index contributed by atoms with van der Waals surface area (Å²) in [6, 6.07) is 7.34. The molecule has 0 spiro atoms. The highest BCUT2D eigenvalue weighted by molar-refractivity contribution is 7.15. The van der Waals surface area contributed by atoms with Gasteiger partial charge in [0.25, 0.3) is 5.56 Å². The summed E-state index contributed by atoms with van der Waals surface area (Å²) in [4.78, 5) is 17.0. The van der Waals surface area contributed by atoms with Gasteiger partial charge in [-0.1, -0.05) is 17.7 Å². The molecule has 3 aromatic rings. The second kappa shape index (κ2) is 5.26. The molecule has 0 aliphatic rings. The minimum Gasteiger partial charge on any atom is -0.378 e. The van der Waals surface area contributed by atoms with E-state index >= 15 is 0 Å². The molecule has 3 rings (SSSR count). The summed E-state index contributed by atoms with van der Waals surface area (Å²) in [7, 11) is 0. The molecule has 0 atom stereocenters. The Bertz CT molecular complexity index is 825. The zero-order chi connectivity index (χ0) is 14.1. The molecule has 0 saturated carbocycles. The maximum atomic E-state index is 11.9. The molecule has 0 amide bonds. The highest BCUT2D eigenvalue weighted by Crippen LogP contribution is 2.23. The van der Waals surface area contributed by atoms with Crippen LogP contribution in [0.1, 0.15) is 11.3 Å². The van der Waals surface area contributed by atoms with Crippen molar-refractivity contribution in [1.82, 2.24) is 9.38 Å². The lowest BCUT2D eigenvalue weighted by Gasteiger charge is -2.08. The Balaban J connectivity index is 1.84. The van der Waals surface area contributed by atoms with Crippen LogP contribution in [0.3, 0.4) is 0 Å². The van der Waals surface area contributed by atoms with Crippen molar-refractivity contribution in [2.45, 2.75) is 13.5 Å². The van der Waals surface area contributed by atoms with Gasteiger partial charge in [0.1, 0.15) is 0 Å². The number of rotatable bonds is 3. The van der Waals surface area contributed by atoms with E-state index in [9.17, 15) is 4.79 Å². The van der Waals surface area contributed by atoms with Crippen molar-refractivity contribution in [3.05, 3.63) is 62.5 Å². The van der Waals surface area contributed by atoms with Gasteiger partial charge in [-0.15, -0.1) is 11.3 Å². The van der Waals surface area contributed by atoms with Gasteiger partial charge in [0.2, 0.25) is 0 Å². The Hall–Kier alpha value is -1.85. The van der Waals surface area contributed by atoms with Crippen LogP contribution in [0.2, 0.25) is 5.02 Å². The maximum absolute atomic E-state index is 11.9. The average Bonchev–Trinajstić information content (AvgIpc) is 2.86. The second-order valence-electron chi connectivity index (χ2n) is 4.48. The number of halogens is 1. The molecule has 1 aromatic carbocycles. The van der Waals surface area contributed by atoms with Crippen LogP contribution in [0.15, 0.2) is 40.6 Å². The van der Waals surface area contributed by atoms with Gasteiger partial charge in [0.15, 0.2) is 4.96 Å². The molecule has 0 saturated heterocycles. The number of aromatic nitrogens is 2. The van der Waals surface area contributed by atoms with Crippen molar-refractivity contribution in [2.24, 2.45) is 0 Å². The molecular formula is C14H12ClN3OS. The summed E-state index contributed by atoms with van der Waals surface area (Å²) in [5.41, 5.74) is 2.58. The van der Waals surface area contributed by atoms with E-state index in [1.54, 1.807) is 6.20 Å². The molecule has 0 radical (unpaired) electrons. The molecule has 2 aromatic heterocycles. The summed E-state index contributed by atoms with van der Waals surface area (Å²) >= 11 is 7.60. The fourth-order valence-corrected chi connectivity index (χ4v) is 2.97. The van der Waals surface area contributed by atoms with Crippen LogP contribution in [0.5, 0.6) is 0 Å². The van der Waals surface area contributed by atoms with Crippen LogP contribution in [0.25, 0.3) is 4.96 Å². The van der Waals surface area contributed by atoms with Crippen LogP contribution >= 0.6 is 22.9 Å². The number of hydrogen-bond acceptors (Lipinski definition) is 4. The first-order valence-electron chi connectivity index (χ1n) is 6.09. The lowest BCUT2D eigenvalue weighted by atomic mass is 10.2. The van der Waals surface area contributed by atoms with E-state index in [2.05, 4.69) is 10.3 Å². The summed E-state index contributed by atoms with van der Waals surface area (Å²) in [6.45, 7) is 2.45. The Kier molecular flexibility index (Phi) is 3.46. The van der Waals surface area contributed by atoms with E-state index < -0.39 is 0 Å². The van der Waals surface area contributed by atoms with Crippen molar-refractivity contribution in [3.63, 3.8) is 0 Å². The largest absolute Gasteiger partial charge is 0.378 e. The fourth-order valence-electron chi connectivity index (χ4n) is 1.93. The first kappa shape index (κ1) is 13.1. The van der Waals surface area contributed by atoms with Gasteiger partial charge in [-0.25, -0.2) is 4.98 Å². The smallest absolute Gasteiger partial charge is 0.258 e. The summed E-state index contributed by atoms with van der Waals surface area (Å²) in [6.07, 6.45) is 1.73. The van der Waals surface area contributed by atoms with Gasteiger partial charge in [-0.2, -0.15) is 0 Å². The van der Waals surface area contributed by atoms with Crippen molar-refractivity contribution in [1.29, 1.82) is 0 Å². The highest BCUT2D eigenvalue weighted by atomic mass is 35.5. The van der Waals surface area contributed by atoms with Gasteiger partial charge >= 0.3 is 0 Å². The number of thiazole rings is 1. The maximum Gasteiger partial charge on any atom is 0.258 e. The molecule has 2 heterocycles. The minimum atomic E-state index is -0.0666. The molecule has 0 aliphatic carbocycles. The zero-order valence-electron chi connectivity index (χ0n) is 10.8. The number of fused-ring (bicyclic) bond motifs is 1. The van der Waals surface area contributed by atoms with Crippen LogP contribution in [0, 0.1) is 6.92 Å². The zero-order valence-corrected chi connectivity index (χ0v) is 12.3. The van der Waals surface area contributed by atoms with Crippen LogP contribution in [-0.4, -0.2) is 9.38 Å². The van der Waals surface area contributed by atoms with E-state index in [1.165, 1.54) is 21.8 Å². The molecule has 0 aliphatic heterocycles. The van der Waals surface area contributed by atoms with E-state index in [-0.39, 0.29) is 5.56 Å². The Morgan fingerprint density at radius 2 is 2.25 bits per heavy atom. The third-order valence-electron chi connectivity index (χ3n) is 2.94. The average molecular weight is 306 g/mol. The molecule has 6 heteroatoms. The Morgan fingerprint density at radius 3 is 3.05 bits per heavy atom. The lowest BCUT2D eigenvalue weighted by Crippen LogP contribution is -2.14. The number of hydrogen-bond donors (Lipinski definition) is 1. The standard InChI is InChI=1S/C14H12ClN3OS/c1-9-2-3-12(11(15)6-9)16-8-10-7-13(19)18-4-5-20-14(18)17-10/h2-7,16H,8H2,1H3. The number of anilines is 1. The van der Waals surface area contributed by atoms with Crippen molar-refractivity contribution < 1.29 is 0 Å². The number of benzene rings is 1. The quantitative estimate of drug-likeness (QED) is 0.807. The van der Waals surface area contributed by atoms with Gasteiger partial charge in [0, 0.05) is 17.6 Å². The number of nitrogens with one attached hydrogen (secondary N) is 1. The van der Waals surface area contributed by atoms with Gasteiger partial charge in [0.05, 0.1) is 22.9 Å². The van der Waals surface area contributed by atoms with Gasteiger partial charge in [-0.05, 0) is 24.6 Å². The van der Waals surface area contributed by atoms with E-state index in [0.717, 1.165) is 11.3 Å².